The molecular formula is C22H26N2O5S2. The average molecular weight is 463 g/mol. The minimum Gasteiger partial charge on any atom is -0.454 e. The Kier molecular flexibility index (Phi) is 8.11. The summed E-state index contributed by atoms with van der Waals surface area (Å²) in [6.07, 6.45) is 2.88. The highest BCUT2D eigenvalue weighted by atomic mass is 32.2. The molecule has 1 aliphatic rings. The molecule has 166 valence electrons. The van der Waals surface area contributed by atoms with Gasteiger partial charge in [-0.05, 0) is 48.1 Å². The van der Waals surface area contributed by atoms with Crippen LogP contribution in [0.1, 0.15) is 17.5 Å². The second-order valence-corrected chi connectivity index (χ2v) is 9.91. The summed E-state index contributed by atoms with van der Waals surface area (Å²) >= 11 is 1.49. The van der Waals surface area contributed by atoms with Crippen LogP contribution in [0, 0.1) is 0 Å². The molecule has 9 heteroatoms. The Bertz CT molecular complexity index is 1010. The highest BCUT2D eigenvalue weighted by Crippen LogP contribution is 2.18. The van der Waals surface area contributed by atoms with Gasteiger partial charge in [0.25, 0.3) is 5.91 Å². The molecule has 1 heterocycles. The van der Waals surface area contributed by atoms with Crippen LogP contribution in [0.25, 0.3) is 0 Å². The number of thioether (sulfide) groups is 1. The lowest BCUT2D eigenvalue weighted by Crippen LogP contribution is -2.44. The maximum atomic E-state index is 12.6. The zero-order valence-electron chi connectivity index (χ0n) is 17.3. The van der Waals surface area contributed by atoms with Gasteiger partial charge in [0.1, 0.15) is 6.04 Å². The van der Waals surface area contributed by atoms with Crippen molar-refractivity contribution in [3.8, 4) is 0 Å². The molecule has 0 saturated heterocycles. The van der Waals surface area contributed by atoms with Gasteiger partial charge in [-0.2, -0.15) is 16.5 Å². The topological polar surface area (TPSA) is 92.8 Å². The number of benzene rings is 2. The van der Waals surface area contributed by atoms with Gasteiger partial charge in [-0.15, -0.1) is 0 Å². The number of carbonyl (C=O) groups excluding carboxylic acids is 2. The lowest BCUT2D eigenvalue weighted by Gasteiger charge is -2.29. The Labute approximate surface area is 187 Å². The zero-order chi connectivity index (χ0) is 22.3. The first-order valence-corrected chi connectivity index (χ1v) is 12.9. The van der Waals surface area contributed by atoms with Crippen molar-refractivity contribution in [3.63, 3.8) is 0 Å². The number of sulfonamides is 1. The number of amides is 1. The van der Waals surface area contributed by atoms with E-state index in [1.165, 1.54) is 29.5 Å². The Morgan fingerprint density at radius 3 is 2.48 bits per heavy atom. The molecule has 0 spiro atoms. The third kappa shape index (κ3) is 6.32. The summed E-state index contributed by atoms with van der Waals surface area (Å²) in [5, 5.41) is 0. The Morgan fingerprint density at radius 2 is 1.77 bits per heavy atom. The van der Waals surface area contributed by atoms with E-state index in [1.54, 1.807) is 23.1 Å². The number of ether oxygens (including phenoxy) is 1. The predicted molar refractivity (Wildman–Crippen MR) is 120 cm³/mol. The number of carbonyl (C=O) groups is 2. The van der Waals surface area contributed by atoms with Crippen molar-refractivity contribution < 1.29 is 22.7 Å². The number of rotatable bonds is 9. The monoisotopic (exact) mass is 462 g/mol. The van der Waals surface area contributed by atoms with Gasteiger partial charge in [0.15, 0.2) is 6.61 Å². The molecule has 1 amide bonds. The van der Waals surface area contributed by atoms with Crippen molar-refractivity contribution in [1.29, 1.82) is 0 Å². The quantitative estimate of drug-likeness (QED) is 0.575. The van der Waals surface area contributed by atoms with Gasteiger partial charge < -0.3 is 9.64 Å². The fourth-order valence-electron chi connectivity index (χ4n) is 3.35. The summed E-state index contributed by atoms with van der Waals surface area (Å²) in [7, 11) is -3.88. The Morgan fingerprint density at radius 1 is 1.10 bits per heavy atom. The van der Waals surface area contributed by atoms with Crippen LogP contribution < -0.4 is 4.72 Å². The molecule has 0 bridgehead atoms. The second-order valence-electron chi connectivity index (χ2n) is 7.21. The summed E-state index contributed by atoms with van der Waals surface area (Å²) in [5.41, 5.74) is 2.30. The Balaban J connectivity index is 1.60. The number of nitrogens with one attached hydrogen (secondary N) is 1. The number of esters is 1. The first-order chi connectivity index (χ1) is 14.9. The fourth-order valence-corrected chi connectivity index (χ4v) is 5.06. The number of hydrogen-bond donors (Lipinski definition) is 1. The van der Waals surface area contributed by atoms with Crippen molar-refractivity contribution in [3.05, 3.63) is 65.7 Å². The van der Waals surface area contributed by atoms with Crippen LogP contribution in [0.3, 0.4) is 0 Å². The molecular weight excluding hydrogens is 436 g/mol. The minimum absolute atomic E-state index is 0.0695. The van der Waals surface area contributed by atoms with Gasteiger partial charge in [0.05, 0.1) is 4.90 Å². The second kappa shape index (κ2) is 10.8. The van der Waals surface area contributed by atoms with Crippen molar-refractivity contribution in [2.24, 2.45) is 0 Å². The van der Waals surface area contributed by atoms with E-state index in [9.17, 15) is 18.0 Å². The molecule has 1 N–H and O–H groups in total. The average Bonchev–Trinajstić information content (AvgIpc) is 2.80. The van der Waals surface area contributed by atoms with Crippen LogP contribution >= 0.6 is 11.8 Å². The molecule has 0 saturated carbocycles. The molecule has 1 unspecified atom stereocenters. The van der Waals surface area contributed by atoms with Crippen molar-refractivity contribution >= 4 is 33.7 Å². The van der Waals surface area contributed by atoms with E-state index in [4.69, 9.17) is 4.74 Å². The summed E-state index contributed by atoms with van der Waals surface area (Å²) in [4.78, 5) is 26.9. The SMILES string of the molecule is CSCCC(NS(=O)(=O)c1ccccc1)C(=O)OCC(=O)N1CCc2ccccc2C1. The van der Waals surface area contributed by atoms with Gasteiger partial charge >= 0.3 is 5.97 Å². The summed E-state index contributed by atoms with van der Waals surface area (Å²) < 4.78 is 32.9. The van der Waals surface area contributed by atoms with Crippen LogP contribution in [0.2, 0.25) is 0 Å². The van der Waals surface area contributed by atoms with Gasteiger partial charge in [0, 0.05) is 13.1 Å². The third-order valence-corrected chi connectivity index (χ3v) is 7.20. The molecule has 1 atom stereocenters. The van der Waals surface area contributed by atoms with E-state index in [-0.39, 0.29) is 17.2 Å². The fraction of sp³-hybridized carbons (Fsp3) is 0.364. The van der Waals surface area contributed by atoms with Crippen molar-refractivity contribution in [1.82, 2.24) is 9.62 Å². The molecule has 0 aromatic heterocycles. The Hall–Kier alpha value is -2.36. The first kappa shape index (κ1) is 23.3. The molecule has 1 aliphatic heterocycles. The van der Waals surface area contributed by atoms with Gasteiger partial charge in [-0.25, -0.2) is 8.42 Å². The molecule has 3 rings (SSSR count). The zero-order valence-corrected chi connectivity index (χ0v) is 19.0. The molecule has 31 heavy (non-hydrogen) atoms. The van der Waals surface area contributed by atoms with E-state index in [1.807, 2.05) is 30.5 Å². The van der Waals surface area contributed by atoms with E-state index < -0.39 is 28.6 Å². The summed E-state index contributed by atoms with van der Waals surface area (Å²) in [5.74, 6) is -0.481. The normalized spacial score (nSPS) is 14.5. The predicted octanol–water partition coefficient (Wildman–Crippen LogP) is 2.21. The van der Waals surface area contributed by atoms with Gasteiger partial charge in [-0.1, -0.05) is 42.5 Å². The van der Waals surface area contributed by atoms with Crippen molar-refractivity contribution in [2.75, 3.05) is 25.2 Å². The maximum absolute atomic E-state index is 12.6. The van der Waals surface area contributed by atoms with E-state index in [0.717, 1.165) is 12.0 Å². The standard InChI is InChI=1S/C22H26N2O5S2/c1-30-14-12-20(23-31(27,28)19-9-3-2-4-10-19)22(26)29-16-21(25)24-13-11-17-7-5-6-8-18(17)15-24/h2-10,20,23H,11-16H2,1H3. The van der Waals surface area contributed by atoms with Crippen LogP contribution in [-0.2, 0) is 37.3 Å². The lowest BCUT2D eigenvalue weighted by atomic mass is 10.00. The first-order valence-electron chi connectivity index (χ1n) is 9.98. The number of hydrogen-bond acceptors (Lipinski definition) is 6. The largest absolute Gasteiger partial charge is 0.454 e. The smallest absolute Gasteiger partial charge is 0.324 e. The summed E-state index contributed by atoms with van der Waals surface area (Å²) in [6, 6.07) is 14.7. The van der Waals surface area contributed by atoms with Gasteiger partial charge in [-0.3, -0.25) is 9.59 Å². The molecule has 0 fully saturated rings. The minimum atomic E-state index is -3.88. The molecule has 0 radical (unpaired) electrons. The van der Waals surface area contributed by atoms with Crippen LogP contribution in [0.15, 0.2) is 59.5 Å². The van der Waals surface area contributed by atoms with E-state index in [0.29, 0.717) is 18.8 Å². The van der Waals surface area contributed by atoms with Crippen LogP contribution in [0.4, 0.5) is 0 Å². The highest BCUT2D eigenvalue weighted by molar-refractivity contribution is 7.98. The molecule has 2 aromatic carbocycles. The highest BCUT2D eigenvalue weighted by Gasteiger charge is 2.28. The van der Waals surface area contributed by atoms with E-state index >= 15 is 0 Å². The third-order valence-electron chi connectivity index (χ3n) is 5.07. The van der Waals surface area contributed by atoms with Crippen molar-refractivity contribution in [2.45, 2.75) is 30.3 Å². The lowest BCUT2D eigenvalue weighted by molar-refractivity contribution is -0.153. The summed E-state index contributed by atoms with van der Waals surface area (Å²) in [6.45, 7) is 0.622. The van der Waals surface area contributed by atoms with Crippen LogP contribution in [-0.4, -0.2) is 56.4 Å². The van der Waals surface area contributed by atoms with E-state index in [2.05, 4.69) is 4.72 Å². The van der Waals surface area contributed by atoms with Gasteiger partial charge in [0.2, 0.25) is 10.0 Å². The molecule has 0 aliphatic carbocycles. The number of fused-ring (bicyclic) bond motifs is 1. The molecule has 2 aromatic rings. The van der Waals surface area contributed by atoms with Crippen LogP contribution in [0.5, 0.6) is 0 Å². The maximum Gasteiger partial charge on any atom is 0.324 e. The number of nitrogens with zero attached hydrogens (tertiary/aromatic N) is 1. The molecule has 7 nitrogen and oxygen atoms in total.